The fraction of sp³-hybridized carbons (Fsp3) is 0.591. The first-order valence-corrected chi connectivity index (χ1v) is 12.5. The van der Waals surface area contributed by atoms with Gasteiger partial charge in [-0.25, -0.2) is 17.6 Å². The molecule has 1 aromatic carbocycles. The first-order chi connectivity index (χ1) is 14.8. The second-order valence-electron chi connectivity index (χ2n) is 9.42. The largest absolute Gasteiger partial charge is 0.444 e. The molecule has 10 heteroatoms. The minimum Gasteiger partial charge on any atom is -0.444 e. The van der Waals surface area contributed by atoms with Gasteiger partial charge >= 0.3 is 6.09 Å². The number of sulfone groups is 1. The molecular formula is C22H30FN3O5S. The third kappa shape index (κ3) is 6.05. The van der Waals surface area contributed by atoms with Crippen molar-refractivity contribution in [1.82, 2.24) is 15.0 Å². The Labute approximate surface area is 188 Å². The number of piperidine rings is 1. The number of carbonyl (C=O) groups excluding carboxylic acids is 1. The highest BCUT2D eigenvalue weighted by molar-refractivity contribution is 7.90. The molecular weight excluding hydrogens is 437 g/mol. The number of benzene rings is 1. The zero-order chi connectivity index (χ0) is 23.7. The van der Waals surface area contributed by atoms with E-state index in [1.165, 1.54) is 12.1 Å². The highest BCUT2D eigenvalue weighted by Crippen LogP contribution is 2.31. The summed E-state index contributed by atoms with van der Waals surface area (Å²) in [6.07, 6.45) is 3.23. The monoisotopic (exact) mass is 467 g/mol. The number of likely N-dealkylation sites (tertiary alicyclic amines) is 1. The Hall–Kier alpha value is -2.49. The summed E-state index contributed by atoms with van der Waals surface area (Å²) in [5, 5.41) is 3.93. The summed E-state index contributed by atoms with van der Waals surface area (Å²) >= 11 is 0. The minimum absolute atomic E-state index is 0.00512. The van der Waals surface area contributed by atoms with E-state index in [1.54, 1.807) is 4.90 Å². The van der Waals surface area contributed by atoms with E-state index in [2.05, 4.69) is 10.1 Å². The zero-order valence-electron chi connectivity index (χ0n) is 19.1. The fourth-order valence-electron chi connectivity index (χ4n) is 3.77. The van der Waals surface area contributed by atoms with Gasteiger partial charge in [-0.15, -0.1) is 0 Å². The van der Waals surface area contributed by atoms with E-state index >= 15 is 0 Å². The van der Waals surface area contributed by atoms with Gasteiger partial charge in [0.25, 0.3) is 0 Å². The molecule has 0 radical (unpaired) electrons. The number of hydrogen-bond acceptors (Lipinski definition) is 7. The van der Waals surface area contributed by atoms with Crippen molar-refractivity contribution in [2.45, 2.75) is 63.4 Å². The first-order valence-electron chi connectivity index (χ1n) is 10.6. The van der Waals surface area contributed by atoms with E-state index in [-0.39, 0.29) is 22.7 Å². The topological polar surface area (TPSA) is 103 Å². The van der Waals surface area contributed by atoms with Gasteiger partial charge in [-0.2, -0.15) is 4.98 Å². The predicted octanol–water partition coefficient (Wildman–Crippen LogP) is 4.42. The van der Waals surface area contributed by atoms with E-state index in [1.807, 2.05) is 27.7 Å². The maximum Gasteiger partial charge on any atom is 0.410 e. The van der Waals surface area contributed by atoms with Gasteiger partial charge in [-0.05, 0) is 64.2 Å². The summed E-state index contributed by atoms with van der Waals surface area (Å²) < 4.78 is 48.2. The van der Waals surface area contributed by atoms with Gasteiger partial charge in [0.1, 0.15) is 16.3 Å². The molecule has 3 rings (SSSR count). The van der Waals surface area contributed by atoms with Crippen LogP contribution in [0.15, 0.2) is 27.6 Å². The number of nitrogens with zero attached hydrogens (tertiary/aromatic N) is 3. The number of ether oxygens (including phenoxy) is 1. The van der Waals surface area contributed by atoms with E-state index in [4.69, 9.17) is 9.26 Å². The molecule has 1 fully saturated rings. The first kappa shape index (κ1) is 24.2. The lowest BCUT2D eigenvalue weighted by Crippen LogP contribution is -2.41. The molecule has 1 aromatic heterocycles. The van der Waals surface area contributed by atoms with Crippen molar-refractivity contribution in [1.29, 1.82) is 0 Å². The Bertz CT molecular complexity index is 1070. The molecule has 1 atom stereocenters. The molecule has 32 heavy (non-hydrogen) atoms. The van der Waals surface area contributed by atoms with Crippen molar-refractivity contribution >= 4 is 15.9 Å². The number of halogens is 1. The smallest absolute Gasteiger partial charge is 0.410 e. The van der Waals surface area contributed by atoms with Crippen molar-refractivity contribution in [2.24, 2.45) is 5.92 Å². The van der Waals surface area contributed by atoms with Crippen LogP contribution in [0.1, 0.15) is 58.8 Å². The zero-order valence-corrected chi connectivity index (χ0v) is 19.9. The summed E-state index contributed by atoms with van der Waals surface area (Å²) in [5.41, 5.74) is -0.158. The standard InChI is InChI=1S/C22H30FN3O5S/c1-14(12-15-8-10-26(11-9-15)21(27)30-22(2,3)4)20-24-19(25-31-20)16-6-7-18(17(23)13-16)32(5,28)29/h6-7,13-15H,8-12H2,1-5H3/t14-/m0/s1. The fourth-order valence-corrected chi connectivity index (χ4v) is 4.50. The van der Waals surface area contributed by atoms with Gasteiger partial charge in [0.2, 0.25) is 11.7 Å². The van der Waals surface area contributed by atoms with E-state index < -0.39 is 21.3 Å². The van der Waals surface area contributed by atoms with Gasteiger partial charge in [0.15, 0.2) is 9.84 Å². The van der Waals surface area contributed by atoms with Crippen molar-refractivity contribution in [3.8, 4) is 11.4 Å². The quantitative estimate of drug-likeness (QED) is 0.641. The van der Waals surface area contributed by atoms with Crippen LogP contribution in [0.25, 0.3) is 11.4 Å². The van der Waals surface area contributed by atoms with Crippen LogP contribution < -0.4 is 0 Å². The number of aromatic nitrogens is 2. The molecule has 1 saturated heterocycles. The van der Waals surface area contributed by atoms with Crippen molar-refractivity contribution in [3.63, 3.8) is 0 Å². The van der Waals surface area contributed by atoms with Crippen LogP contribution in [-0.4, -0.2) is 54.5 Å². The summed E-state index contributed by atoms with van der Waals surface area (Å²) in [4.78, 5) is 18.0. The van der Waals surface area contributed by atoms with Gasteiger partial charge in [-0.3, -0.25) is 0 Å². The van der Waals surface area contributed by atoms with Crippen LogP contribution in [0.5, 0.6) is 0 Å². The Balaban J connectivity index is 1.58. The Morgan fingerprint density at radius 1 is 1.31 bits per heavy atom. The van der Waals surface area contributed by atoms with Crippen molar-refractivity contribution in [2.75, 3.05) is 19.3 Å². The summed E-state index contributed by atoms with van der Waals surface area (Å²) in [5.74, 6) is 0.217. The second-order valence-corrected chi connectivity index (χ2v) is 11.4. The lowest BCUT2D eigenvalue weighted by atomic mass is 9.88. The van der Waals surface area contributed by atoms with Crippen molar-refractivity contribution < 1.29 is 26.9 Å². The molecule has 1 aliphatic rings. The third-order valence-electron chi connectivity index (χ3n) is 5.41. The Morgan fingerprint density at radius 2 is 1.97 bits per heavy atom. The molecule has 0 spiro atoms. The van der Waals surface area contributed by atoms with Gasteiger partial charge < -0.3 is 14.2 Å². The van der Waals surface area contributed by atoms with Crippen LogP contribution in [0.3, 0.4) is 0 Å². The van der Waals surface area contributed by atoms with E-state index in [0.29, 0.717) is 30.5 Å². The predicted molar refractivity (Wildman–Crippen MR) is 116 cm³/mol. The maximum atomic E-state index is 14.2. The normalized spacial score (nSPS) is 16.8. The highest BCUT2D eigenvalue weighted by atomic mass is 32.2. The van der Waals surface area contributed by atoms with Crippen LogP contribution in [0.2, 0.25) is 0 Å². The molecule has 0 aliphatic carbocycles. The number of hydrogen-bond donors (Lipinski definition) is 0. The maximum absolute atomic E-state index is 14.2. The lowest BCUT2D eigenvalue weighted by Gasteiger charge is -2.34. The van der Waals surface area contributed by atoms with Gasteiger partial charge in [0.05, 0.1) is 0 Å². The SMILES string of the molecule is C[C@@H](CC1CCN(C(=O)OC(C)(C)C)CC1)c1nc(-c2ccc(S(C)(=O)=O)c(F)c2)no1. The molecule has 2 heterocycles. The minimum atomic E-state index is -3.65. The second kappa shape index (κ2) is 9.17. The van der Waals surface area contributed by atoms with Crippen molar-refractivity contribution in [3.05, 3.63) is 29.9 Å². The lowest BCUT2D eigenvalue weighted by molar-refractivity contribution is 0.0178. The molecule has 2 aromatic rings. The molecule has 0 saturated carbocycles. The van der Waals surface area contributed by atoms with E-state index in [9.17, 15) is 17.6 Å². The summed E-state index contributed by atoms with van der Waals surface area (Å²) in [7, 11) is -3.65. The Morgan fingerprint density at radius 3 is 2.53 bits per heavy atom. The van der Waals surface area contributed by atoms with Crippen LogP contribution in [0.4, 0.5) is 9.18 Å². The van der Waals surface area contributed by atoms with Crippen LogP contribution in [-0.2, 0) is 14.6 Å². The number of amides is 1. The number of rotatable bonds is 5. The molecule has 0 unspecified atom stereocenters. The number of carbonyl (C=O) groups is 1. The summed E-state index contributed by atoms with van der Waals surface area (Å²) in [6.45, 7) is 8.84. The average Bonchev–Trinajstić information content (AvgIpc) is 3.16. The molecule has 0 bridgehead atoms. The molecule has 176 valence electrons. The molecule has 1 amide bonds. The van der Waals surface area contributed by atoms with Gasteiger partial charge in [-0.1, -0.05) is 12.1 Å². The van der Waals surface area contributed by atoms with Crippen LogP contribution in [0, 0.1) is 11.7 Å². The summed E-state index contributed by atoms with van der Waals surface area (Å²) in [6, 6.07) is 3.77. The highest BCUT2D eigenvalue weighted by Gasteiger charge is 2.29. The Kier molecular flexibility index (Phi) is 6.92. The third-order valence-corrected chi connectivity index (χ3v) is 6.54. The van der Waals surface area contributed by atoms with Crippen LogP contribution >= 0.6 is 0 Å². The molecule has 0 N–H and O–H groups in total. The van der Waals surface area contributed by atoms with E-state index in [0.717, 1.165) is 31.6 Å². The molecule has 1 aliphatic heterocycles. The molecule has 8 nitrogen and oxygen atoms in total. The average molecular weight is 468 g/mol. The van der Waals surface area contributed by atoms with Gasteiger partial charge in [0, 0.05) is 30.8 Å².